The van der Waals surface area contributed by atoms with Gasteiger partial charge in [-0.1, -0.05) is 6.07 Å². The minimum atomic E-state index is -0.440. The minimum Gasteiger partial charge on any atom is -0.494 e. The highest BCUT2D eigenvalue weighted by Gasteiger charge is 2.19. The molecule has 1 aromatic rings. The third-order valence-electron chi connectivity index (χ3n) is 3.32. The molecule has 0 radical (unpaired) electrons. The summed E-state index contributed by atoms with van der Waals surface area (Å²) in [4.78, 5) is 0. The van der Waals surface area contributed by atoms with E-state index >= 15 is 0 Å². The summed E-state index contributed by atoms with van der Waals surface area (Å²) in [6.07, 6.45) is 1.75. The first-order chi connectivity index (χ1) is 8.69. The number of rotatable bonds is 5. The number of methoxy groups -OCH3 is 1. The number of ether oxygens (including phenoxy) is 2. The maximum Gasteiger partial charge on any atom is 0.165 e. The lowest BCUT2D eigenvalue weighted by molar-refractivity contribution is 0.128. The molecule has 0 saturated carbocycles. The van der Waals surface area contributed by atoms with Gasteiger partial charge >= 0.3 is 0 Å². The van der Waals surface area contributed by atoms with E-state index < -0.39 is 6.10 Å². The number of halogens is 1. The molecule has 1 aromatic carbocycles. The van der Waals surface area contributed by atoms with E-state index in [0.29, 0.717) is 18.8 Å². The molecule has 0 spiro atoms. The molecule has 0 amide bonds. The zero-order chi connectivity index (χ0) is 13.0. The second-order valence-electron chi connectivity index (χ2n) is 4.79. The van der Waals surface area contributed by atoms with Crippen molar-refractivity contribution in [2.75, 3.05) is 20.3 Å². The fourth-order valence-corrected chi connectivity index (χ4v) is 2.35. The molecule has 1 aliphatic heterocycles. The van der Waals surface area contributed by atoms with Crippen LogP contribution in [0.4, 0.5) is 4.39 Å². The molecule has 4 heteroatoms. The van der Waals surface area contributed by atoms with Gasteiger partial charge < -0.3 is 14.6 Å². The molecule has 1 N–H and O–H groups in total. The Bertz CT molecular complexity index is 389. The summed E-state index contributed by atoms with van der Waals surface area (Å²) in [6.45, 7) is 1.52. The Hall–Kier alpha value is -1.13. The van der Waals surface area contributed by atoms with E-state index in [1.165, 1.54) is 13.2 Å². The van der Waals surface area contributed by atoms with E-state index in [9.17, 15) is 9.50 Å². The van der Waals surface area contributed by atoms with E-state index in [0.717, 1.165) is 25.2 Å². The van der Waals surface area contributed by atoms with Crippen molar-refractivity contribution in [2.45, 2.75) is 25.4 Å². The van der Waals surface area contributed by atoms with Crippen molar-refractivity contribution in [3.8, 4) is 5.75 Å². The Morgan fingerprint density at radius 2 is 2.39 bits per heavy atom. The average Bonchev–Trinajstić information content (AvgIpc) is 2.82. The summed E-state index contributed by atoms with van der Waals surface area (Å²) in [6, 6.07) is 4.81. The predicted molar refractivity (Wildman–Crippen MR) is 66.2 cm³/mol. The van der Waals surface area contributed by atoms with Crippen LogP contribution < -0.4 is 4.74 Å². The van der Waals surface area contributed by atoms with Gasteiger partial charge in [-0.15, -0.1) is 0 Å². The Morgan fingerprint density at radius 1 is 1.56 bits per heavy atom. The smallest absolute Gasteiger partial charge is 0.165 e. The lowest BCUT2D eigenvalue weighted by atomic mass is 9.96. The van der Waals surface area contributed by atoms with Crippen LogP contribution in [0, 0.1) is 11.7 Å². The van der Waals surface area contributed by atoms with Crippen LogP contribution in [0.5, 0.6) is 5.75 Å². The molecular formula is C14H19FO3. The molecule has 1 fully saturated rings. The van der Waals surface area contributed by atoms with Crippen molar-refractivity contribution in [1.82, 2.24) is 0 Å². The van der Waals surface area contributed by atoms with Crippen LogP contribution in [0.2, 0.25) is 0 Å². The van der Waals surface area contributed by atoms with Gasteiger partial charge in [-0.3, -0.25) is 0 Å². The SMILES string of the molecule is COc1ccc(CC(O)CC2CCOC2)cc1F. The van der Waals surface area contributed by atoms with Gasteiger partial charge in [0, 0.05) is 13.2 Å². The van der Waals surface area contributed by atoms with Gasteiger partial charge in [-0.2, -0.15) is 0 Å². The van der Waals surface area contributed by atoms with Crippen molar-refractivity contribution in [3.05, 3.63) is 29.6 Å². The maximum absolute atomic E-state index is 13.5. The fourth-order valence-electron chi connectivity index (χ4n) is 2.35. The molecular weight excluding hydrogens is 235 g/mol. The third-order valence-corrected chi connectivity index (χ3v) is 3.32. The molecule has 1 heterocycles. The monoisotopic (exact) mass is 254 g/mol. The summed E-state index contributed by atoms with van der Waals surface area (Å²) in [5, 5.41) is 9.97. The normalized spacial score (nSPS) is 20.9. The molecule has 2 atom stereocenters. The van der Waals surface area contributed by atoms with E-state index in [4.69, 9.17) is 9.47 Å². The predicted octanol–water partition coefficient (Wildman–Crippen LogP) is 2.16. The minimum absolute atomic E-state index is 0.234. The molecule has 1 aliphatic rings. The van der Waals surface area contributed by atoms with Gasteiger partial charge in [0.2, 0.25) is 0 Å². The second-order valence-corrected chi connectivity index (χ2v) is 4.79. The summed E-state index contributed by atoms with van der Waals surface area (Å²) in [5.41, 5.74) is 0.791. The molecule has 100 valence electrons. The molecule has 0 aromatic heterocycles. The van der Waals surface area contributed by atoms with Gasteiger partial charge in [-0.25, -0.2) is 4.39 Å². The largest absolute Gasteiger partial charge is 0.494 e. The highest BCUT2D eigenvalue weighted by atomic mass is 19.1. The number of aliphatic hydroxyl groups is 1. The summed E-state index contributed by atoms with van der Waals surface area (Å²) in [5.74, 6) is 0.284. The van der Waals surface area contributed by atoms with Crippen molar-refractivity contribution in [3.63, 3.8) is 0 Å². The van der Waals surface area contributed by atoms with Crippen molar-refractivity contribution in [2.24, 2.45) is 5.92 Å². The molecule has 2 unspecified atom stereocenters. The first-order valence-corrected chi connectivity index (χ1v) is 6.27. The molecule has 18 heavy (non-hydrogen) atoms. The fraction of sp³-hybridized carbons (Fsp3) is 0.571. The van der Waals surface area contributed by atoms with E-state index in [2.05, 4.69) is 0 Å². The highest BCUT2D eigenvalue weighted by Crippen LogP contribution is 2.22. The van der Waals surface area contributed by atoms with E-state index in [1.807, 2.05) is 0 Å². The third kappa shape index (κ3) is 3.43. The van der Waals surface area contributed by atoms with Gasteiger partial charge in [0.05, 0.1) is 13.2 Å². The number of benzene rings is 1. The first kappa shape index (κ1) is 13.3. The quantitative estimate of drug-likeness (QED) is 0.875. The van der Waals surface area contributed by atoms with Crippen LogP contribution in [-0.2, 0) is 11.2 Å². The zero-order valence-corrected chi connectivity index (χ0v) is 10.6. The van der Waals surface area contributed by atoms with Crippen LogP contribution >= 0.6 is 0 Å². The second kappa shape index (κ2) is 6.16. The van der Waals surface area contributed by atoms with Gasteiger partial charge in [0.25, 0.3) is 0 Å². The van der Waals surface area contributed by atoms with Gasteiger partial charge in [-0.05, 0) is 42.9 Å². The average molecular weight is 254 g/mol. The zero-order valence-electron chi connectivity index (χ0n) is 10.6. The van der Waals surface area contributed by atoms with Crippen molar-refractivity contribution in [1.29, 1.82) is 0 Å². The van der Waals surface area contributed by atoms with Crippen LogP contribution in [-0.4, -0.2) is 31.5 Å². The van der Waals surface area contributed by atoms with Crippen LogP contribution in [0.3, 0.4) is 0 Å². The van der Waals surface area contributed by atoms with Crippen molar-refractivity contribution < 1.29 is 19.0 Å². The van der Waals surface area contributed by atoms with Crippen molar-refractivity contribution >= 4 is 0 Å². The van der Waals surface area contributed by atoms with Crippen LogP contribution in [0.25, 0.3) is 0 Å². The van der Waals surface area contributed by atoms with Crippen LogP contribution in [0.1, 0.15) is 18.4 Å². The molecule has 0 aliphatic carbocycles. The number of hydrogen-bond acceptors (Lipinski definition) is 3. The van der Waals surface area contributed by atoms with Gasteiger partial charge in [0.15, 0.2) is 11.6 Å². The number of hydrogen-bond donors (Lipinski definition) is 1. The Morgan fingerprint density at radius 3 is 3.00 bits per heavy atom. The van der Waals surface area contributed by atoms with Gasteiger partial charge in [0.1, 0.15) is 0 Å². The standard InChI is InChI=1S/C14H19FO3/c1-17-14-3-2-10(8-13(14)15)6-12(16)7-11-4-5-18-9-11/h2-3,8,11-12,16H,4-7,9H2,1H3. The number of aliphatic hydroxyl groups excluding tert-OH is 1. The lowest BCUT2D eigenvalue weighted by Crippen LogP contribution is -2.16. The summed E-state index contributed by atoms with van der Waals surface area (Å²) < 4.78 is 23.6. The molecule has 2 rings (SSSR count). The first-order valence-electron chi connectivity index (χ1n) is 6.27. The van der Waals surface area contributed by atoms with E-state index in [-0.39, 0.29) is 11.6 Å². The summed E-state index contributed by atoms with van der Waals surface area (Å²) in [7, 11) is 1.44. The maximum atomic E-state index is 13.5. The topological polar surface area (TPSA) is 38.7 Å². The Labute approximate surface area is 107 Å². The highest BCUT2D eigenvalue weighted by molar-refractivity contribution is 5.29. The molecule has 0 bridgehead atoms. The van der Waals surface area contributed by atoms with E-state index in [1.54, 1.807) is 12.1 Å². The Kier molecular flexibility index (Phi) is 4.55. The lowest BCUT2D eigenvalue weighted by Gasteiger charge is -2.14. The van der Waals surface area contributed by atoms with Crippen LogP contribution in [0.15, 0.2) is 18.2 Å². The molecule has 1 saturated heterocycles. The molecule has 3 nitrogen and oxygen atoms in total. The Balaban J connectivity index is 1.89. The summed E-state index contributed by atoms with van der Waals surface area (Å²) >= 11 is 0.